The third kappa shape index (κ3) is 2.74. The van der Waals surface area contributed by atoms with E-state index in [0.29, 0.717) is 0 Å². The fraction of sp³-hybridized carbons (Fsp3) is 0.600. The molecule has 1 heterocycles. The van der Waals surface area contributed by atoms with E-state index >= 15 is 0 Å². The summed E-state index contributed by atoms with van der Waals surface area (Å²) >= 11 is 0. The Bertz CT molecular complexity index is 378. The van der Waals surface area contributed by atoms with Crippen molar-refractivity contribution in [1.82, 2.24) is 4.90 Å². The summed E-state index contributed by atoms with van der Waals surface area (Å²) in [5.74, 6) is 0. The molecule has 2 rings (SSSR count). The summed E-state index contributed by atoms with van der Waals surface area (Å²) in [6, 6.07) is 8.28. The van der Waals surface area contributed by atoms with Gasteiger partial charge in [-0.25, -0.2) is 0 Å². The second kappa shape index (κ2) is 5.39. The van der Waals surface area contributed by atoms with Crippen LogP contribution >= 0.6 is 0 Å². The molecule has 18 heavy (non-hydrogen) atoms. The van der Waals surface area contributed by atoms with Gasteiger partial charge in [0.15, 0.2) is 0 Å². The highest BCUT2D eigenvalue weighted by molar-refractivity contribution is 5.28. The minimum Gasteiger partial charge on any atom is -0.389 e. The predicted octanol–water partition coefficient (Wildman–Crippen LogP) is 2.31. The zero-order valence-electron chi connectivity index (χ0n) is 11.5. The first-order valence-electron chi connectivity index (χ1n) is 6.63. The van der Waals surface area contributed by atoms with Gasteiger partial charge >= 0.3 is 0 Å². The van der Waals surface area contributed by atoms with E-state index in [1.165, 1.54) is 5.56 Å². The summed E-state index contributed by atoms with van der Waals surface area (Å²) in [5.41, 5.74) is 2.27. The van der Waals surface area contributed by atoms with Gasteiger partial charge in [-0.05, 0) is 31.9 Å². The van der Waals surface area contributed by atoms with Gasteiger partial charge in [-0.15, -0.1) is 0 Å². The van der Waals surface area contributed by atoms with Crippen LogP contribution in [0, 0.1) is 0 Å². The van der Waals surface area contributed by atoms with Crippen LogP contribution in [0.4, 0.5) is 0 Å². The zero-order chi connectivity index (χ0) is 13.2. The average molecular weight is 249 g/mol. The Balaban J connectivity index is 2.17. The second-order valence-corrected chi connectivity index (χ2v) is 5.46. The summed E-state index contributed by atoms with van der Waals surface area (Å²) in [6.45, 7) is 9.87. The van der Waals surface area contributed by atoms with Crippen LogP contribution in [0.3, 0.4) is 0 Å². The molecule has 1 saturated heterocycles. The molecule has 1 aromatic rings. The highest BCUT2D eigenvalue weighted by Gasteiger charge is 2.29. The van der Waals surface area contributed by atoms with Crippen LogP contribution in [0.15, 0.2) is 24.3 Å². The van der Waals surface area contributed by atoms with Gasteiger partial charge in [0.25, 0.3) is 0 Å². The quantitative estimate of drug-likeness (QED) is 0.892. The van der Waals surface area contributed by atoms with Crippen molar-refractivity contribution >= 4 is 0 Å². The Labute approximate surface area is 109 Å². The zero-order valence-corrected chi connectivity index (χ0v) is 11.5. The average Bonchev–Trinajstić information content (AvgIpc) is 2.40. The molecule has 1 aliphatic heterocycles. The minimum atomic E-state index is -0.398. The third-order valence-corrected chi connectivity index (χ3v) is 3.90. The molecule has 1 unspecified atom stereocenters. The molecule has 1 aliphatic rings. The fourth-order valence-electron chi connectivity index (χ4n) is 2.47. The standard InChI is InChI=1S/C15H23NO2/c1-12(17)13-4-6-14(7-5-13)15(2,3)16-8-10-18-11-9-16/h4-7,12,17H,8-11H2,1-3H3. The number of rotatable bonds is 3. The Morgan fingerprint density at radius 2 is 1.72 bits per heavy atom. The van der Waals surface area contributed by atoms with E-state index in [1.807, 2.05) is 12.1 Å². The summed E-state index contributed by atoms with van der Waals surface area (Å²) in [4.78, 5) is 2.45. The lowest BCUT2D eigenvalue weighted by Crippen LogP contribution is -2.47. The van der Waals surface area contributed by atoms with Crippen molar-refractivity contribution in [3.63, 3.8) is 0 Å². The van der Waals surface area contributed by atoms with Crippen LogP contribution in [-0.2, 0) is 10.3 Å². The summed E-state index contributed by atoms with van der Waals surface area (Å²) in [5, 5.41) is 9.54. The first-order chi connectivity index (χ1) is 8.51. The number of ether oxygens (including phenoxy) is 1. The molecule has 0 aromatic heterocycles. The number of aliphatic hydroxyl groups excluding tert-OH is 1. The Hall–Kier alpha value is -0.900. The van der Waals surface area contributed by atoms with Crippen LogP contribution < -0.4 is 0 Å². The molecule has 1 aromatic carbocycles. The maximum atomic E-state index is 9.54. The third-order valence-electron chi connectivity index (χ3n) is 3.90. The van der Waals surface area contributed by atoms with Gasteiger partial charge in [-0.3, -0.25) is 4.90 Å². The van der Waals surface area contributed by atoms with Gasteiger partial charge in [-0.2, -0.15) is 0 Å². The molecule has 1 fully saturated rings. The number of nitrogens with zero attached hydrogens (tertiary/aromatic N) is 1. The molecule has 0 saturated carbocycles. The maximum Gasteiger partial charge on any atom is 0.0761 e. The smallest absolute Gasteiger partial charge is 0.0761 e. The van der Waals surface area contributed by atoms with E-state index in [4.69, 9.17) is 4.74 Å². The lowest BCUT2D eigenvalue weighted by atomic mass is 9.90. The molecule has 0 spiro atoms. The molecule has 0 radical (unpaired) electrons. The Morgan fingerprint density at radius 1 is 1.17 bits per heavy atom. The van der Waals surface area contributed by atoms with Gasteiger partial charge in [-0.1, -0.05) is 24.3 Å². The molecule has 1 atom stereocenters. The van der Waals surface area contributed by atoms with Crippen molar-refractivity contribution < 1.29 is 9.84 Å². The molecule has 100 valence electrons. The van der Waals surface area contributed by atoms with Crippen molar-refractivity contribution in [2.75, 3.05) is 26.3 Å². The highest BCUT2D eigenvalue weighted by atomic mass is 16.5. The van der Waals surface area contributed by atoms with Crippen LogP contribution in [0.1, 0.15) is 38.0 Å². The summed E-state index contributed by atoms with van der Waals surface area (Å²) in [7, 11) is 0. The molecule has 0 amide bonds. The molecular weight excluding hydrogens is 226 g/mol. The number of aliphatic hydroxyl groups is 1. The monoisotopic (exact) mass is 249 g/mol. The van der Waals surface area contributed by atoms with Crippen molar-refractivity contribution in [2.45, 2.75) is 32.4 Å². The second-order valence-electron chi connectivity index (χ2n) is 5.46. The predicted molar refractivity (Wildman–Crippen MR) is 72.5 cm³/mol. The first-order valence-corrected chi connectivity index (χ1v) is 6.63. The first kappa shape index (κ1) is 13.5. The largest absolute Gasteiger partial charge is 0.389 e. The van der Waals surface area contributed by atoms with Gasteiger partial charge in [0.05, 0.1) is 19.3 Å². The summed E-state index contributed by atoms with van der Waals surface area (Å²) in [6.07, 6.45) is -0.398. The Kier molecular flexibility index (Phi) is 4.05. The van der Waals surface area contributed by atoms with Gasteiger partial charge in [0.2, 0.25) is 0 Å². The van der Waals surface area contributed by atoms with E-state index in [-0.39, 0.29) is 5.54 Å². The van der Waals surface area contributed by atoms with E-state index < -0.39 is 6.10 Å². The van der Waals surface area contributed by atoms with Crippen molar-refractivity contribution in [2.24, 2.45) is 0 Å². The van der Waals surface area contributed by atoms with Crippen LogP contribution in [-0.4, -0.2) is 36.3 Å². The molecule has 0 aliphatic carbocycles. The lowest BCUT2D eigenvalue weighted by Gasteiger charge is -2.41. The molecule has 1 N–H and O–H groups in total. The number of morpholine rings is 1. The van der Waals surface area contributed by atoms with Gasteiger partial charge in [0.1, 0.15) is 0 Å². The molecule has 0 bridgehead atoms. The Morgan fingerprint density at radius 3 is 2.22 bits per heavy atom. The fourth-order valence-corrected chi connectivity index (χ4v) is 2.47. The van der Waals surface area contributed by atoms with Crippen LogP contribution in [0.2, 0.25) is 0 Å². The molecular formula is C15H23NO2. The molecule has 3 heteroatoms. The van der Waals surface area contributed by atoms with Gasteiger partial charge < -0.3 is 9.84 Å². The number of hydrogen-bond acceptors (Lipinski definition) is 3. The van der Waals surface area contributed by atoms with E-state index in [9.17, 15) is 5.11 Å². The van der Waals surface area contributed by atoms with Gasteiger partial charge in [0, 0.05) is 18.6 Å². The highest BCUT2D eigenvalue weighted by Crippen LogP contribution is 2.29. The van der Waals surface area contributed by atoms with Crippen molar-refractivity contribution in [3.8, 4) is 0 Å². The van der Waals surface area contributed by atoms with Crippen LogP contribution in [0.25, 0.3) is 0 Å². The van der Waals surface area contributed by atoms with E-state index in [2.05, 4.69) is 30.9 Å². The van der Waals surface area contributed by atoms with Crippen LogP contribution in [0.5, 0.6) is 0 Å². The maximum absolute atomic E-state index is 9.54. The van der Waals surface area contributed by atoms with E-state index in [1.54, 1.807) is 6.92 Å². The lowest BCUT2D eigenvalue weighted by molar-refractivity contribution is -0.0118. The van der Waals surface area contributed by atoms with Crippen molar-refractivity contribution in [1.29, 1.82) is 0 Å². The molecule has 3 nitrogen and oxygen atoms in total. The number of hydrogen-bond donors (Lipinski definition) is 1. The number of benzene rings is 1. The normalized spacial score (nSPS) is 19.8. The topological polar surface area (TPSA) is 32.7 Å². The minimum absolute atomic E-state index is 0.0149. The van der Waals surface area contributed by atoms with E-state index in [0.717, 1.165) is 31.9 Å². The van der Waals surface area contributed by atoms with Crippen molar-refractivity contribution in [3.05, 3.63) is 35.4 Å². The summed E-state index contributed by atoms with van der Waals surface area (Å²) < 4.78 is 5.41. The SMILES string of the molecule is CC(O)c1ccc(C(C)(C)N2CCOCC2)cc1.